The van der Waals surface area contributed by atoms with Gasteiger partial charge in [0.1, 0.15) is 46.4 Å². The Morgan fingerprint density at radius 2 is 1.63 bits per heavy atom. The maximum atomic E-state index is 14.4. The summed E-state index contributed by atoms with van der Waals surface area (Å²) in [5.74, 6) is -0.834. The number of β-amino-alcohol motifs (C(OH)–C–C–N with tert-alkyl or cyclic N) is 1. The Hall–Kier alpha value is -7.75. The summed E-state index contributed by atoms with van der Waals surface area (Å²) in [7, 11) is 0. The van der Waals surface area contributed by atoms with Crippen LogP contribution in [0.4, 0.5) is 5.69 Å². The fraction of sp³-hybridized carbons (Fsp3) is 0.417. The molecule has 4 aliphatic rings. The van der Waals surface area contributed by atoms with Gasteiger partial charge in [-0.2, -0.15) is 0 Å². The molecule has 2 saturated heterocycles. The number of aryl methyl sites for hydroxylation is 3. The number of rotatable bonds is 15. The van der Waals surface area contributed by atoms with Crippen molar-refractivity contribution in [1.29, 1.82) is 0 Å². The van der Waals surface area contributed by atoms with Gasteiger partial charge >= 0.3 is 5.97 Å². The fourth-order valence-electron chi connectivity index (χ4n) is 11.4. The number of thiazole rings is 1. The number of carbonyl (C=O) groups excluding carboxylic acids is 4. The predicted molar refractivity (Wildman–Crippen MR) is 308 cm³/mol. The number of anilines is 1. The van der Waals surface area contributed by atoms with E-state index in [1.807, 2.05) is 100 Å². The van der Waals surface area contributed by atoms with Crippen LogP contribution < -0.4 is 25.6 Å². The number of aliphatic imine (C=N–C) groups is 1. The second-order valence-corrected chi connectivity index (χ2v) is 25.0. The summed E-state index contributed by atoms with van der Waals surface area (Å²) in [5.41, 5.74) is 8.97. The number of nitrogens with one attached hydrogen (secondary N) is 3. The molecule has 4 aromatic heterocycles. The average molecular weight is 1140 g/mol. The van der Waals surface area contributed by atoms with Crippen LogP contribution in [-0.4, -0.2) is 120 Å². The van der Waals surface area contributed by atoms with Crippen molar-refractivity contribution in [1.82, 2.24) is 40.6 Å². The van der Waals surface area contributed by atoms with Crippen LogP contribution in [0.1, 0.15) is 127 Å². The maximum Gasteiger partial charge on any atom is 0.306 e. The molecule has 0 radical (unpaired) electrons. The number of carboxylic acid groups (broad SMARTS) is 1. The summed E-state index contributed by atoms with van der Waals surface area (Å²) < 4.78 is 14.3. The van der Waals surface area contributed by atoms with Gasteiger partial charge in [-0.25, -0.2) is 4.98 Å². The summed E-state index contributed by atoms with van der Waals surface area (Å²) in [4.78, 5) is 83.0. The minimum Gasteiger partial charge on any atom is -0.490 e. The number of ether oxygens (including phenoxy) is 1. The predicted octanol–water partition coefficient (Wildman–Crippen LogP) is 8.34. The molecular formula is C60H66N10O9S2. The van der Waals surface area contributed by atoms with E-state index >= 15 is 0 Å². The number of benzene rings is 3. The van der Waals surface area contributed by atoms with Gasteiger partial charge in [0.2, 0.25) is 17.7 Å². The summed E-state index contributed by atoms with van der Waals surface area (Å²) in [6, 6.07) is 19.8. The first-order chi connectivity index (χ1) is 38.7. The summed E-state index contributed by atoms with van der Waals surface area (Å²) in [6.45, 7) is 16.6. The van der Waals surface area contributed by atoms with Crippen molar-refractivity contribution in [3.63, 3.8) is 0 Å². The summed E-state index contributed by atoms with van der Waals surface area (Å²) >= 11 is 3.19. The zero-order valence-electron chi connectivity index (χ0n) is 46.5. The van der Waals surface area contributed by atoms with E-state index in [1.165, 1.54) is 4.90 Å². The number of thiophene rings is 1. The number of carboxylic acids is 1. The number of aromatic nitrogens is 4. The molecular weight excluding hydrogens is 1070 g/mol. The number of likely N-dealkylation sites (tertiary alicyclic amines) is 1. The van der Waals surface area contributed by atoms with Gasteiger partial charge in [0.15, 0.2) is 11.6 Å². The average Bonchev–Trinajstić information content (AvgIpc) is 4.36. The number of aliphatic carboxylic acids is 1. The molecule has 0 spiro atoms. The van der Waals surface area contributed by atoms with Crippen molar-refractivity contribution < 1.29 is 43.3 Å². The van der Waals surface area contributed by atoms with Crippen LogP contribution in [0.3, 0.4) is 0 Å². The first-order valence-corrected chi connectivity index (χ1v) is 29.2. The van der Waals surface area contributed by atoms with Crippen molar-refractivity contribution in [2.24, 2.45) is 16.3 Å². The van der Waals surface area contributed by atoms with E-state index in [0.717, 1.165) is 66.2 Å². The highest BCUT2D eigenvalue weighted by Crippen LogP contribution is 2.41. The largest absolute Gasteiger partial charge is 0.490 e. The number of carbonyl (C=O) groups is 5. The lowest BCUT2D eigenvalue weighted by atomic mass is 9.85. The summed E-state index contributed by atoms with van der Waals surface area (Å²) in [5, 5.41) is 40.0. The van der Waals surface area contributed by atoms with Crippen LogP contribution in [0.25, 0.3) is 26.4 Å². The van der Waals surface area contributed by atoms with Gasteiger partial charge in [-0.3, -0.25) is 33.5 Å². The van der Waals surface area contributed by atoms with Crippen molar-refractivity contribution in [2.45, 2.75) is 130 Å². The fourth-order valence-corrected chi connectivity index (χ4v) is 13.5. The van der Waals surface area contributed by atoms with Crippen molar-refractivity contribution >= 4 is 74.6 Å². The highest BCUT2D eigenvalue weighted by atomic mass is 32.1. The third kappa shape index (κ3) is 11.1. The lowest BCUT2D eigenvalue weighted by Gasteiger charge is -2.36. The highest BCUT2D eigenvalue weighted by Gasteiger charge is 2.45. The zero-order chi connectivity index (χ0) is 57.2. The molecule has 0 unspecified atom stereocenters. The Morgan fingerprint density at radius 1 is 0.889 bits per heavy atom. The van der Waals surface area contributed by atoms with Crippen LogP contribution in [0.2, 0.25) is 0 Å². The van der Waals surface area contributed by atoms with Crippen LogP contribution in [0, 0.1) is 39.0 Å². The number of furan rings is 1. The quantitative estimate of drug-likeness (QED) is 0.0649. The maximum absolute atomic E-state index is 14.4. The molecule has 81 heavy (non-hydrogen) atoms. The van der Waals surface area contributed by atoms with Gasteiger partial charge < -0.3 is 45.1 Å². The van der Waals surface area contributed by atoms with Crippen molar-refractivity contribution in [3.05, 3.63) is 129 Å². The van der Waals surface area contributed by atoms with E-state index < -0.39 is 53.3 Å². The zero-order valence-corrected chi connectivity index (χ0v) is 48.1. The Bertz CT molecular complexity index is 3610. The molecule has 21 heteroatoms. The van der Waals surface area contributed by atoms with Crippen LogP contribution in [0.5, 0.6) is 5.75 Å². The number of aliphatic hydroxyl groups excluding tert-OH is 1. The summed E-state index contributed by atoms with van der Waals surface area (Å²) in [6.07, 6.45) is 0.792. The second kappa shape index (κ2) is 22.0. The van der Waals surface area contributed by atoms with Gasteiger partial charge in [-0.15, -0.1) is 32.9 Å². The molecule has 422 valence electrons. The highest BCUT2D eigenvalue weighted by molar-refractivity contribution is 7.15. The molecule has 5 N–H and O–H groups in total. The van der Waals surface area contributed by atoms with E-state index in [0.29, 0.717) is 54.2 Å². The first-order valence-electron chi connectivity index (χ1n) is 27.5. The smallest absolute Gasteiger partial charge is 0.306 e. The number of nitrogens with zero attached hydrogens (tertiary/aromatic N) is 7. The molecule has 7 heterocycles. The molecule has 1 aliphatic carbocycles. The minimum absolute atomic E-state index is 0.00152. The molecule has 0 bridgehead atoms. The van der Waals surface area contributed by atoms with Gasteiger partial charge in [0, 0.05) is 72.0 Å². The molecule has 3 aromatic carbocycles. The Labute approximate surface area is 476 Å². The van der Waals surface area contributed by atoms with Gasteiger partial charge in [0.05, 0.1) is 46.3 Å². The van der Waals surface area contributed by atoms with Crippen LogP contribution in [-0.2, 0) is 19.2 Å². The number of hydrogen-bond donors (Lipinski definition) is 5. The molecule has 19 nitrogen and oxygen atoms in total. The van der Waals surface area contributed by atoms with E-state index in [2.05, 4.69) is 49.9 Å². The minimum atomic E-state index is -1.06. The molecule has 7 aromatic rings. The van der Waals surface area contributed by atoms with E-state index in [1.54, 1.807) is 46.9 Å². The van der Waals surface area contributed by atoms with E-state index in [-0.39, 0.29) is 55.2 Å². The van der Waals surface area contributed by atoms with Crippen LogP contribution >= 0.6 is 22.7 Å². The molecule has 4 amide bonds. The Kier molecular flexibility index (Phi) is 15.0. The number of fused-ring (bicyclic) bond motifs is 4. The molecule has 11 rings (SSSR count). The monoisotopic (exact) mass is 1130 g/mol. The van der Waals surface area contributed by atoms with E-state index in [9.17, 15) is 34.2 Å². The molecule has 1 saturated carbocycles. The Morgan fingerprint density at radius 3 is 2.33 bits per heavy atom. The number of aliphatic hydroxyl groups is 1. The standard InChI is InChI=1S/C60H66N10O9S2/c1-30-33(4)81-59-50(30)51(64-45(26-49(72)73)54-67-66-34(5)70(54)59)36-13-15-41(16-14-36)68-20-19-38(27-68)55(74)63-40-23-44(24-40)78-43-17-18-47-39(21-43)22-48(79-47)57(76)65-53(60(6,7)8)58(77)69-28-42(71)25-46(69)56(75)62-31(2)35-9-11-37(12-10-35)52-32(3)61-29-80-52/h9-18,21-22,29,31,38,40,42,44-46,53,71H,19-20,23-28H2,1-8H3,(H,62,75)(H,63,74)(H,65,76)(H,72,73)/t31-,38+,40-,42+,44+,45-,46-,53+/m0/s1. The van der Waals surface area contributed by atoms with E-state index in [4.69, 9.17) is 14.1 Å². The lowest BCUT2D eigenvalue weighted by molar-refractivity contribution is -0.142. The third-order valence-corrected chi connectivity index (χ3v) is 18.3. The third-order valence-electron chi connectivity index (χ3n) is 16.2. The van der Waals surface area contributed by atoms with Crippen molar-refractivity contribution in [2.75, 3.05) is 24.5 Å². The Balaban J connectivity index is 0.668. The normalized spacial score (nSPS) is 21.3. The second-order valence-electron chi connectivity index (χ2n) is 23.0. The van der Waals surface area contributed by atoms with Crippen LogP contribution in [0.15, 0.2) is 87.7 Å². The van der Waals surface area contributed by atoms with Gasteiger partial charge in [-0.05, 0) is 99.5 Å². The van der Waals surface area contributed by atoms with Gasteiger partial charge in [0.25, 0.3) is 5.91 Å². The topological polar surface area (TPSA) is 247 Å². The van der Waals surface area contributed by atoms with Crippen molar-refractivity contribution in [3.8, 4) is 21.2 Å². The molecule has 3 fully saturated rings. The van der Waals surface area contributed by atoms with Gasteiger partial charge in [-0.1, -0.05) is 57.2 Å². The molecule has 6 atom stereocenters. The SMILES string of the molecule is Cc1ncsc1-c1ccc([C@H](C)NC(=O)[C@@H]2C[C@@H](O)CN2C(=O)[C@@H](NC(=O)c2cc3cc(O[C@H]4C[C@@H](NC(=O)[C@@H]5CCN(c6ccc(C7=N[C@@H](CC(=O)O)c8nnc(C)n8-c8sc(C)c(C)c87)cc6)C5)C4)ccc3o2)C(C)(C)C)cc1. The molecule has 3 aliphatic heterocycles. The number of hydrogen-bond acceptors (Lipinski definition) is 15. The lowest BCUT2D eigenvalue weighted by Crippen LogP contribution is -2.57. The first kappa shape index (κ1) is 55.2. The number of amides is 4.